The molecule has 0 aliphatic carbocycles. The number of benzene rings is 1. The summed E-state index contributed by atoms with van der Waals surface area (Å²) in [6.45, 7) is 0. The maximum absolute atomic E-state index is 10.6. The monoisotopic (exact) mass is 250 g/mol. The first-order valence-electron chi connectivity index (χ1n) is 4.06. The SMILES string of the molecule is O=Cc1nccn1-c1ccc(Br)cc1. The third-order valence-corrected chi connectivity index (χ3v) is 2.41. The number of rotatable bonds is 2. The molecular weight excluding hydrogens is 244 g/mol. The minimum Gasteiger partial charge on any atom is -0.298 e. The summed E-state index contributed by atoms with van der Waals surface area (Å²) in [5.41, 5.74) is 0.924. The fourth-order valence-corrected chi connectivity index (χ4v) is 1.49. The zero-order chi connectivity index (χ0) is 9.97. The molecule has 70 valence electrons. The van der Waals surface area contributed by atoms with Crippen LogP contribution >= 0.6 is 15.9 Å². The average Bonchev–Trinajstić information content (AvgIpc) is 2.67. The molecule has 0 saturated carbocycles. The summed E-state index contributed by atoms with van der Waals surface area (Å²) in [7, 11) is 0. The van der Waals surface area contributed by atoms with Gasteiger partial charge in [0, 0.05) is 22.6 Å². The molecule has 0 fully saturated rings. The van der Waals surface area contributed by atoms with Crippen LogP contribution < -0.4 is 0 Å². The Labute approximate surface area is 89.5 Å². The minimum absolute atomic E-state index is 0.410. The quantitative estimate of drug-likeness (QED) is 0.768. The molecule has 2 rings (SSSR count). The Morgan fingerprint density at radius 2 is 2.00 bits per heavy atom. The second-order valence-electron chi connectivity index (χ2n) is 2.75. The van der Waals surface area contributed by atoms with E-state index in [2.05, 4.69) is 20.9 Å². The molecule has 1 heterocycles. The van der Waals surface area contributed by atoms with Crippen molar-refractivity contribution in [1.82, 2.24) is 9.55 Å². The van der Waals surface area contributed by atoms with Gasteiger partial charge in [0.25, 0.3) is 0 Å². The van der Waals surface area contributed by atoms with E-state index in [9.17, 15) is 4.79 Å². The van der Waals surface area contributed by atoms with Gasteiger partial charge in [-0.3, -0.25) is 9.36 Å². The van der Waals surface area contributed by atoms with Gasteiger partial charge in [0.2, 0.25) is 0 Å². The van der Waals surface area contributed by atoms with Crippen molar-refractivity contribution in [1.29, 1.82) is 0 Å². The van der Waals surface area contributed by atoms with E-state index < -0.39 is 0 Å². The molecule has 0 unspecified atom stereocenters. The van der Waals surface area contributed by atoms with Gasteiger partial charge in [-0.05, 0) is 24.3 Å². The van der Waals surface area contributed by atoms with Crippen molar-refractivity contribution in [2.75, 3.05) is 0 Å². The minimum atomic E-state index is 0.410. The summed E-state index contributed by atoms with van der Waals surface area (Å²) in [4.78, 5) is 14.6. The van der Waals surface area contributed by atoms with Crippen LogP contribution in [-0.4, -0.2) is 15.8 Å². The number of carbonyl (C=O) groups is 1. The van der Waals surface area contributed by atoms with Crippen LogP contribution in [-0.2, 0) is 0 Å². The lowest BCUT2D eigenvalue weighted by Crippen LogP contribution is -1.98. The van der Waals surface area contributed by atoms with Crippen LogP contribution in [0.4, 0.5) is 0 Å². The number of hydrogen-bond donors (Lipinski definition) is 0. The van der Waals surface area contributed by atoms with Crippen molar-refractivity contribution >= 4 is 22.2 Å². The predicted octanol–water partition coefficient (Wildman–Crippen LogP) is 2.45. The first-order valence-corrected chi connectivity index (χ1v) is 4.85. The molecule has 0 bridgehead atoms. The van der Waals surface area contributed by atoms with Crippen molar-refractivity contribution in [2.24, 2.45) is 0 Å². The molecular formula is C10H7BrN2O. The van der Waals surface area contributed by atoms with Gasteiger partial charge in [-0.25, -0.2) is 4.98 Å². The van der Waals surface area contributed by atoms with E-state index in [0.717, 1.165) is 16.4 Å². The lowest BCUT2D eigenvalue weighted by molar-refractivity contribution is 0.111. The van der Waals surface area contributed by atoms with Crippen LogP contribution in [0.15, 0.2) is 41.1 Å². The lowest BCUT2D eigenvalue weighted by atomic mass is 10.3. The second-order valence-corrected chi connectivity index (χ2v) is 3.67. The number of aldehydes is 1. The van der Waals surface area contributed by atoms with Crippen LogP contribution in [0.5, 0.6) is 0 Å². The number of aromatic nitrogens is 2. The normalized spacial score (nSPS) is 10.1. The van der Waals surface area contributed by atoms with Gasteiger partial charge in [0.15, 0.2) is 12.1 Å². The molecule has 0 amide bonds. The first kappa shape index (κ1) is 9.15. The Balaban J connectivity index is 2.49. The Hall–Kier alpha value is -1.42. The molecule has 0 aliphatic rings. The third-order valence-electron chi connectivity index (χ3n) is 1.88. The van der Waals surface area contributed by atoms with Crippen molar-refractivity contribution in [3.05, 3.63) is 47.0 Å². The summed E-state index contributed by atoms with van der Waals surface area (Å²) in [5.74, 6) is 0.410. The molecule has 0 aliphatic heterocycles. The summed E-state index contributed by atoms with van der Waals surface area (Å²) < 4.78 is 2.74. The molecule has 0 radical (unpaired) electrons. The van der Waals surface area contributed by atoms with E-state index >= 15 is 0 Å². The van der Waals surface area contributed by atoms with Gasteiger partial charge < -0.3 is 0 Å². The number of nitrogens with zero attached hydrogens (tertiary/aromatic N) is 2. The van der Waals surface area contributed by atoms with Crippen molar-refractivity contribution in [3.8, 4) is 5.69 Å². The summed E-state index contributed by atoms with van der Waals surface area (Å²) in [6.07, 6.45) is 4.10. The highest BCUT2D eigenvalue weighted by Crippen LogP contribution is 2.14. The van der Waals surface area contributed by atoms with Crippen LogP contribution in [0.3, 0.4) is 0 Å². The van der Waals surface area contributed by atoms with Crippen LogP contribution in [0, 0.1) is 0 Å². The fraction of sp³-hybridized carbons (Fsp3) is 0. The molecule has 4 heteroatoms. The predicted molar refractivity (Wildman–Crippen MR) is 56.7 cm³/mol. The topological polar surface area (TPSA) is 34.9 Å². The van der Waals surface area contributed by atoms with Gasteiger partial charge in [-0.2, -0.15) is 0 Å². The molecule has 1 aromatic heterocycles. The van der Waals surface area contributed by atoms with E-state index in [1.54, 1.807) is 17.0 Å². The smallest absolute Gasteiger partial charge is 0.185 e. The Kier molecular flexibility index (Phi) is 2.45. The maximum atomic E-state index is 10.6. The lowest BCUT2D eigenvalue weighted by Gasteiger charge is -2.03. The molecule has 0 saturated heterocycles. The van der Waals surface area contributed by atoms with Crippen LogP contribution in [0.25, 0.3) is 5.69 Å². The molecule has 0 spiro atoms. The van der Waals surface area contributed by atoms with E-state index in [1.807, 2.05) is 24.3 Å². The zero-order valence-corrected chi connectivity index (χ0v) is 8.81. The van der Waals surface area contributed by atoms with E-state index in [0.29, 0.717) is 5.82 Å². The molecule has 14 heavy (non-hydrogen) atoms. The van der Waals surface area contributed by atoms with Crippen LogP contribution in [0.1, 0.15) is 10.6 Å². The second kappa shape index (κ2) is 3.75. The molecule has 2 aromatic rings. The highest BCUT2D eigenvalue weighted by molar-refractivity contribution is 9.10. The van der Waals surface area contributed by atoms with Crippen molar-refractivity contribution in [2.45, 2.75) is 0 Å². The zero-order valence-electron chi connectivity index (χ0n) is 7.22. The first-order chi connectivity index (χ1) is 6.81. The van der Waals surface area contributed by atoms with Crippen molar-refractivity contribution < 1.29 is 4.79 Å². The Morgan fingerprint density at radius 3 is 2.64 bits per heavy atom. The van der Waals surface area contributed by atoms with Gasteiger partial charge in [-0.1, -0.05) is 15.9 Å². The van der Waals surface area contributed by atoms with E-state index in [-0.39, 0.29) is 0 Å². The third kappa shape index (κ3) is 1.61. The van der Waals surface area contributed by atoms with Gasteiger partial charge in [0.05, 0.1) is 0 Å². The molecule has 0 N–H and O–H groups in total. The highest BCUT2D eigenvalue weighted by atomic mass is 79.9. The standard InChI is InChI=1S/C10H7BrN2O/c11-8-1-3-9(4-2-8)13-6-5-12-10(13)7-14/h1-7H. The van der Waals surface area contributed by atoms with Gasteiger partial charge >= 0.3 is 0 Å². The van der Waals surface area contributed by atoms with Crippen molar-refractivity contribution in [3.63, 3.8) is 0 Å². The number of imidazole rings is 1. The fourth-order valence-electron chi connectivity index (χ4n) is 1.22. The molecule has 0 atom stereocenters. The largest absolute Gasteiger partial charge is 0.298 e. The average molecular weight is 251 g/mol. The van der Waals surface area contributed by atoms with Crippen LogP contribution in [0.2, 0.25) is 0 Å². The van der Waals surface area contributed by atoms with E-state index in [4.69, 9.17) is 0 Å². The number of carbonyl (C=O) groups excluding carboxylic acids is 1. The number of hydrogen-bond acceptors (Lipinski definition) is 2. The summed E-state index contributed by atoms with van der Waals surface area (Å²) in [5, 5.41) is 0. The Morgan fingerprint density at radius 1 is 1.29 bits per heavy atom. The Bertz CT molecular complexity index is 447. The number of halogens is 1. The van der Waals surface area contributed by atoms with Gasteiger partial charge in [-0.15, -0.1) is 0 Å². The summed E-state index contributed by atoms with van der Waals surface area (Å²) >= 11 is 3.35. The van der Waals surface area contributed by atoms with E-state index in [1.165, 1.54) is 0 Å². The molecule has 1 aromatic carbocycles. The van der Waals surface area contributed by atoms with Gasteiger partial charge in [0.1, 0.15) is 0 Å². The summed E-state index contributed by atoms with van der Waals surface area (Å²) in [6, 6.07) is 7.67. The molecule has 3 nitrogen and oxygen atoms in total. The maximum Gasteiger partial charge on any atom is 0.185 e. The highest BCUT2D eigenvalue weighted by Gasteiger charge is 2.02.